The van der Waals surface area contributed by atoms with Crippen LogP contribution in [-0.2, 0) is 9.59 Å². The molecular formula is C33H32N4O5. The van der Waals surface area contributed by atoms with Gasteiger partial charge < -0.3 is 20.1 Å². The summed E-state index contributed by atoms with van der Waals surface area (Å²) in [5.41, 5.74) is 5.16. The van der Waals surface area contributed by atoms with Gasteiger partial charge in [-0.15, -0.1) is 0 Å². The van der Waals surface area contributed by atoms with E-state index in [1.807, 2.05) is 61.5 Å². The number of hydrogen-bond donors (Lipinski definition) is 3. The number of rotatable bonds is 13. The SMILES string of the molecule is CCOc1cc(/C=N\NC(=O)C[C@@H](NC(=O)c2ccccc2)c2ccccc2)ccc1OCC(=O)Nc1ccccc1. The fraction of sp³-hybridized carbons (Fsp3) is 0.152. The molecule has 0 saturated heterocycles. The minimum absolute atomic E-state index is 0.0120. The van der Waals surface area contributed by atoms with Crippen molar-refractivity contribution in [2.45, 2.75) is 19.4 Å². The van der Waals surface area contributed by atoms with Crippen molar-refractivity contribution in [1.29, 1.82) is 0 Å². The van der Waals surface area contributed by atoms with Gasteiger partial charge in [0.25, 0.3) is 11.8 Å². The summed E-state index contributed by atoms with van der Waals surface area (Å²) >= 11 is 0. The lowest BCUT2D eigenvalue weighted by molar-refractivity contribution is -0.121. The molecule has 0 bridgehead atoms. The Morgan fingerprint density at radius 1 is 0.786 bits per heavy atom. The first-order chi connectivity index (χ1) is 20.5. The number of nitrogens with zero attached hydrogens (tertiary/aromatic N) is 1. The molecule has 0 heterocycles. The molecule has 4 rings (SSSR count). The van der Waals surface area contributed by atoms with Crippen LogP contribution in [0, 0.1) is 0 Å². The Hall–Kier alpha value is -5.44. The largest absolute Gasteiger partial charge is 0.490 e. The van der Waals surface area contributed by atoms with Crippen LogP contribution >= 0.6 is 0 Å². The molecule has 4 aromatic carbocycles. The molecule has 0 aromatic heterocycles. The van der Waals surface area contributed by atoms with Gasteiger partial charge in [0.1, 0.15) is 0 Å². The first-order valence-electron chi connectivity index (χ1n) is 13.5. The van der Waals surface area contributed by atoms with E-state index in [2.05, 4.69) is 21.2 Å². The maximum absolute atomic E-state index is 12.8. The van der Waals surface area contributed by atoms with Gasteiger partial charge in [-0.2, -0.15) is 5.10 Å². The smallest absolute Gasteiger partial charge is 0.262 e. The molecule has 3 amide bonds. The van der Waals surface area contributed by atoms with E-state index < -0.39 is 6.04 Å². The van der Waals surface area contributed by atoms with E-state index in [1.165, 1.54) is 6.21 Å². The minimum Gasteiger partial charge on any atom is -0.490 e. The monoisotopic (exact) mass is 564 g/mol. The molecule has 0 aliphatic heterocycles. The summed E-state index contributed by atoms with van der Waals surface area (Å²) in [6, 6.07) is 31.8. The zero-order chi connectivity index (χ0) is 29.6. The van der Waals surface area contributed by atoms with Crippen LogP contribution in [0.4, 0.5) is 5.69 Å². The van der Waals surface area contributed by atoms with Crippen molar-refractivity contribution in [1.82, 2.24) is 10.7 Å². The third-order valence-corrected chi connectivity index (χ3v) is 6.02. The number of hydrogen-bond acceptors (Lipinski definition) is 6. The van der Waals surface area contributed by atoms with Crippen molar-refractivity contribution in [3.63, 3.8) is 0 Å². The first-order valence-corrected chi connectivity index (χ1v) is 13.5. The van der Waals surface area contributed by atoms with Crippen molar-refractivity contribution in [3.8, 4) is 11.5 Å². The zero-order valence-corrected chi connectivity index (χ0v) is 23.2. The Bertz CT molecular complexity index is 1500. The fourth-order valence-corrected chi connectivity index (χ4v) is 4.03. The Kier molecular flexibility index (Phi) is 10.8. The molecule has 1 atom stereocenters. The molecular weight excluding hydrogens is 532 g/mol. The molecule has 0 aliphatic rings. The summed E-state index contributed by atoms with van der Waals surface area (Å²) in [4.78, 5) is 37.8. The van der Waals surface area contributed by atoms with Crippen LogP contribution in [0.15, 0.2) is 114 Å². The highest BCUT2D eigenvalue weighted by Gasteiger charge is 2.19. The number of anilines is 1. The van der Waals surface area contributed by atoms with Gasteiger partial charge in [-0.3, -0.25) is 14.4 Å². The number of carbonyl (C=O) groups excluding carboxylic acids is 3. The molecule has 0 spiro atoms. The number of benzene rings is 4. The Morgan fingerprint density at radius 3 is 2.14 bits per heavy atom. The van der Waals surface area contributed by atoms with E-state index in [1.54, 1.807) is 54.6 Å². The summed E-state index contributed by atoms with van der Waals surface area (Å²) in [5.74, 6) is -0.105. The van der Waals surface area contributed by atoms with Gasteiger partial charge >= 0.3 is 0 Å². The average Bonchev–Trinajstić information content (AvgIpc) is 3.02. The van der Waals surface area contributed by atoms with Gasteiger partial charge in [-0.25, -0.2) is 5.43 Å². The van der Waals surface area contributed by atoms with Crippen molar-refractivity contribution >= 4 is 29.6 Å². The second kappa shape index (κ2) is 15.4. The van der Waals surface area contributed by atoms with E-state index in [-0.39, 0.29) is 30.7 Å². The van der Waals surface area contributed by atoms with Crippen LogP contribution in [0.25, 0.3) is 0 Å². The van der Waals surface area contributed by atoms with E-state index in [4.69, 9.17) is 9.47 Å². The maximum Gasteiger partial charge on any atom is 0.262 e. The van der Waals surface area contributed by atoms with Crippen LogP contribution in [0.2, 0.25) is 0 Å². The number of hydrazone groups is 1. The molecule has 42 heavy (non-hydrogen) atoms. The van der Waals surface area contributed by atoms with E-state index in [9.17, 15) is 14.4 Å². The molecule has 3 N–H and O–H groups in total. The predicted molar refractivity (Wildman–Crippen MR) is 162 cm³/mol. The lowest BCUT2D eigenvalue weighted by atomic mass is 10.0. The third-order valence-electron chi connectivity index (χ3n) is 6.02. The quantitative estimate of drug-likeness (QED) is 0.154. The van der Waals surface area contributed by atoms with E-state index in [0.29, 0.717) is 34.9 Å². The van der Waals surface area contributed by atoms with E-state index >= 15 is 0 Å². The topological polar surface area (TPSA) is 118 Å². The van der Waals surface area contributed by atoms with Crippen LogP contribution in [0.5, 0.6) is 11.5 Å². The third kappa shape index (κ3) is 9.06. The van der Waals surface area contributed by atoms with Gasteiger partial charge in [-0.05, 0) is 60.5 Å². The highest BCUT2D eigenvalue weighted by Crippen LogP contribution is 2.28. The van der Waals surface area contributed by atoms with Crippen molar-refractivity contribution in [2.24, 2.45) is 5.10 Å². The number of carbonyl (C=O) groups is 3. The summed E-state index contributed by atoms with van der Waals surface area (Å²) < 4.78 is 11.4. The van der Waals surface area contributed by atoms with Crippen molar-refractivity contribution in [2.75, 3.05) is 18.5 Å². The number of para-hydroxylation sites is 1. The molecule has 214 valence electrons. The molecule has 9 heteroatoms. The molecule has 0 fully saturated rings. The van der Waals surface area contributed by atoms with Crippen molar-refractivity contribution in [3.05, 3.63) is 126 Å². The second-order valence-corrected chi connectivity index (χ2v) is 9.14. The summed E-state index contributed by atoms with van der Waals surface area (Å²) in [6.07, 6.45) is 1.47. The molecule has 0 aliphatic carbocycles. The van der Waals surface area contributed by atoms with Crippen LogP contribution < -0.4 is 25.5 Å². The minimum atomic E-state index is -0.547. The maximum atomic E-state index is 12.8. The fourth-order valence-electron chi connectivity index (χ4n) is 4.03. The summed E-state index contributed by atoms with van der Waals surface area (Å²) in [7, 11) is 0. The number of nitrogens with one attached hydrogen (secondary N) is 3. The number of amides is 3. The Balaban J connectivity index is 1.35. The summed E-state index contributed by atoms with van der Waals surface area (Å²) in [6.45, 7) is 2.04. The molecule has 0 saturated carbocycles. The van der Waals surface area contributed by atoms with E-state index in [0.717, 1.165) is 5.56 Å². The standard InChI is InChI=1S/C33H32N4O5/c1-2-41-30-20-24(18-19-29(30)42-23-32(39)35-27-16-10-5-11-17-27)22-34-37-31(38)21-28(25-12-6-3-7-13-25)36-33(40)26-14-8-4-9-15-26/h3-20,22,28H,2,21,23H2,1H3,(H,35,39)(H,36,40)(H,37,38)/b34-22-/t28-/m1/s1. The Morgan fingerprint density at radius 2 is 1.45 bits per heavy atom. The predicted octanol–water partition coefficient (Wildman–Crippen LogP) is 5.11. The van der Waals surface area contributed by atoms with Gasteiger partial charge in [0.15, 0.2) is 18.1 Å². The molecule has 9 nitrogen and oxygen atoms in total. The molecule has 0 radical (unpaired) electrons. The highest BCUT2D eigenvalue weighted by molar-refractivity contribution is 5.95. The average molecular weight is 565 g/mol. The van der Waals surface area contributed by atoms with Crippen LogP contribution in [0.3, 0.4) is 0 Å². The van der Waals surface area contributed by atoms with Crippen LogP contribution in [0.1, 0.15) is 40.9 Å². The lowest BCUT2D eigenvalue weighted by Gasteiger charge is -2.18. The van der Waals surface area contributed by atoms with Crippen molar-refractivity contribution < 1.29 is 23.9 Å². The molecule has 4 aromatic rings. The normalized spacial score (nSPS) is 11.4. The Labute approximate surface area is 244 Å². The second-order valence-electron chi connectivity index (χ2n) is 9.14. The molecule has 0 unspecified atom stereocenters. The zero-order valence-electron chi connectivity index (χ0n) is 23.2. The first kappa shape index (κ1) is 29.5. The van der Waals surface area contributed by atoms with Gasteiger partial charge in [0.05, 0.1) is 25.3 Å². The van der Waals surface area contributed by atoms with Crippen LogP contribution in [-0.4, -0.2) is 37.1 Å². The lowest BCUT2D eigenvalue weighted by Crippen LogP contribution is -2.32. The highest BCUT2D eigenvalue weighted by atomic mass is 16.5. The van der Waals surface area contributed by atoms with Gasteiger partial charge in [-0.1, -0.05) is 66.7 Å². The van der Waals surface area contributed by atoms with Gasteiger partial charge in [0, 0.05) is 11.3 Å². The number of ether oxygens (including phenoxy) is 2. The summed E-state index contributed by atoms with van der Waals surface area (Å²) in [5, 5.41) is 9.79. The van der Waals surface area contributed by atoms with Gasteiger partial charge in [0.2, 0.25) is 5.91 Å².